The lowest BCUT2D eigenvalue weighted by molar-refractivity contribution is -0.135. The number of carbonyl (C=O) groups excluding carboxylic acids is 2. The maximum atomic E-state index is 12.0. The van der Waals surface area contributed by atoms with E-state index in [0.29, 0.717) is 11.3 Å². The molecule has 0 aromatic heterocycles. The van der Waals surface area contributed by atoms with Crippen molar-refractivity contribution in [1.82, 2.24) is 0 Å². The highest BCUT2D eigenvalue weighted by atomic mass is 16.6. The van der Waals surface area contributed by atoms with Crippen LogP contribution in [0.3, 0.4) is 0 Å². The molecule has 0 saturated heterocycles. The molecule has 0 atom stereocenters. The predicted octanol–water partition coefficient (Wildman–Crippen LogP) is 1.33. The number of methoxy groups -OCH3 is 1. The van der Waals surface area contributed by atoms with E-state index in [2.05, 4.69) is 0 Å². The molecule has 1 aromatic rings. The number of benzene rings is 1. The van der Waals surface area contributed by atoms with E-state index in [0.717, 1.165) is 0 Å². The zero-order valence-corrected chi connectivity index (χ0v) is 8.73. The second kappa shape index (κ2) is 4.18. The van der Waals surface area contributed by atoms with E-state index < -0.39 is 5.97 Å². The Balaban J connectivity index is 2.39. The van der Waals surface area contributed by atoms with Crippen LogP contribution < -0.4 is 0 Å². The fraction of sp³-hybridized carbons (Fsp3) is 0.167. The molecule has 0 spiro atoms. The van der Waals surface area contributed by atoms with Crippen LogP contribution in [0.15, 0.2) is 41.7 Å². The van der Waals surface area contributed by atoms with Crippen molar-refractivity contribution >= 4 is 11.8 Å². The Morgan fingerprint density at radius 2 is 2.00 bits per heavy atom. The molecule has 1 heterocycles. The molecule has 4 heteroatoms. The summed E-state index contributed by atoms with van der Waals surface area (Å²) >= 11 is 0. The van der Waals surface area contributed by atoms with Gasteiger partial charge in [-0.3, -0.25) is 4.79 Å². The van der Waals surface area contributed by atoms with E-state index in [1.54, 1.807) is 30.3 Å². The molecular formula is C12H10O4. The van der Waals surface area contributed by atoms with Crippen molar-refractivity contribution in [2.75, 3.05) is 13.7 Å². The molecule has 0 saturated carbocycles. The van der Waals surface area contributed by atoms with Crippen LogP contribution in [0, 0.1) is 0 Å². The maximum absolute atomic E-state index is 12.0. The summed E-state index contributed by atoms with van der Waals surface area (Å²) in [4.78, 5) is 23.4. The van der Waals surface area contributed by atoms with Crippen molar-refractivity contribution in [3.05, 3.63) is 47.2 Å². The number of carbonyl (C=O) groups is 2. The van der Waals surface area contributed by atoms with Gasteiger partial charge < -0.3 is 9.47 Å². The molecule has 0 bridgehead atoms. The highest BCUT2D eigenvalue weighted by molar-refractivity contribution is 6.25. The van der Waals surface area contributed by atoms with E-state index in [-0.39, 0.29) is 18.0 Å². The normalized spacial score (nSPS) is 14.9. The van der Waals surface area contributed by atoms with Crippen LogP contribution in [0.1, 0.15) is 10.4 Å². The fourth-order valence-corrected chi connectivity index (χ4v) is 1.50. The summed E-state index contributed by atoms with van der Waals surface area (Å²) in [6, 6.07) is 8.57. The molecule has 0 fully saturated rings. The predicted molar refractivity (Wildman–Crippen MR) is 55.8 cm³/mol. The maximum Gasteiger partial charge on any atom is 0.346 e. The van der Waals surface area contributed by atoms with Crippen molar-refractivity contribution in [3.63, 3.8) is 0 Å². The van der Waals surface area contributed by atoms with E-state index in [9.17, 15) is 9.59 Å². The molecular weight excluding hydrogens is 208 g/mol. The van der Waals surface area contributed by atoms with E-state index >= 15 is 0 Å². The number of cyclic esters (lactones) is 1. The number of hydrogen-bond donors (Lipinski definition) is 0. The van der Waals surface area contributed by atoms with Crippen LogP contribution in [0.25, 0.3) is 0 Å². The van der Waals surface area contributed by atoms with E-state index in [4.69, 9.17) is 9.47 Å². The lowest BCUT2D eigenvalue weighted by atomic mass is 10.0. The van der Waals surface area contributed by atoms with Gasteiger partial charge in [0.2, 0.25) is 5.78 Å². The van der Waals surface area contributed by atoms with Gasteiger partial charge >= 0.3 is 5.97 Å². The van der Waals surface area contributed by atoms with Gasteiger partial charge in [0.25, 0.3) is 0 Å². The van der Waals surface area contributed by atoms with Crippen LogP contribution in [-0.4, -0.2) is 25.5 Å². The van der Waals surface area contributed by atoms with Crippen molar-refractivity contribution < 1.29 is 19.1 Å². The van der Waals surface area contributed by atoms with Gasteiger partial charge in [-0.25, -0.2) is 4.79 Å². The number of hydrogen-bond acceptors (Lipinski definition) is 4. The number of ketones is 1. The average molecular weight is 218 g/mol. The van der Waals surface area contributed by atoms with Gasteiger partial charge in [0.15, 0.2) is 5.76 Å². The van der Waals surface area contributed by atoms with Gasteiger partial charge in [0.05, 0.1) is 7.11 Å². The monoisotopic (exact) mass is 218 g/mol. The third kappa shape index (κ3) is 1.69. The van der Waals surface area contributed by atoms with Crippen molar-refractivity contribution in [3.8, 4) is 0 Å². The Morgan fingerprint density at radius 1 is 1.31 bits per heavy atom. The highest BCUT2D eigenvalue weighted by Crippen LogP contribution is 2.20. The molecule has 1 aromatic carbocycles. The largest absolute Gasteiger partial charge is 0.496 e. The summed E-state index contributed by atoms with van der Waals surface area (Å²) in [5.41, 5.74) is 0.444. The highest BCUT2D eigenvalue weighted by Gasteiger charge is 2.32. The number of ether oxygens (including phenoxy) is 2. The van der Waals surface area contributed by atoms with Crippen LogP contribution in [0.2, 0.25) is 0 Å². The van der Waals surface area contributed by atoms with Crippen LogP contribution in [0.5, 0.6) is 0 Å². The van der Waals surface area contributed by atoms with Gasteiger partial charge in [-0.1, -0.05) is 30.3 Å². The first-order valence-corrected chi connectivity index (χ1v) is 4.78. The second-order valence-electron chi connectivity index (χ2n) is 3.27. The van der Waals surface area contributed by atoms with Crippen molar-refractivity contribution in [1.29, 1.82) is 0 Å². The van der Waals surface area contributed by atoms with Gasteiger partial charge in [0.1, 0.15) is 12.2 Å². The smallest absolute Gasteiger partial charge is 0.346 e. The summed E-state index contributed by atoms with van der Waals surface area (Å²) in [6.07, 6.45) is 0. The minimum atomic E-state index is -0.620. The molecule has 0 amide bonds. The summed E-state index contributed by atoms with van der Waals surface area (Å²) in [6.45, 7) is 0.0310. The van der Waals surface area contributed by atoms with Crippen LogP contribution in [0.4, 0.5) is 0 Å². The standard InChI is InChI=1S/C12H10O4/c1-15-9-7-16-12(14)10(9)11(13)8-5-3-2-4-6-8/h2-6H,7H2,1H3. The summed E-state index contributed by atoms with van der Waals surface area (Å²) in [5, 5.41) is 0. The molecule has 1 aliphatic rings. The molecule has 0 aliphatic carbocycles. The molecule has 0 unspecified atom stereocenters. The second-order valence-corrected chi connectivity index (χ2v) is 3.27. The summed E-state index contributed by atoms with van der Waals surface area (Å²) in [5.74, 6) is -0.690. The lowest BCUT2D eigenvalue weighted by Crippen LogP contribution is -2.11. The van der Waals surface area contributed by atoms with Crippen molar-refractivity contribution in [2.45, 2.75) is 0 Å². The first-order valence-electron chi connectivity index (χ1n) is 4.78. The molecule has 82 valence electrons. The fourth-order valence-electron chi connectivity index (χ4n) is 1.50. The number of Topliss-reactive ketones (excluding diaryl/α,β-unsaturated/α-hetero) is 1. The Kier molecular flexibility index (Phi) is 2.72. The zero-order valence-electron chi connectivity index (χ0n) is 8.73. The Bertz CT molecular complexity index is 459. The first-order chi connectivity index (χ1) is 7.74. The van der Waals surface area contributed by atoms with Crippen LogP contribution in [-0.2, 0) is 14.3 Å². The molecule has 0 radical (unpaired) electrons. The quantitative estimate of drug-likeness (QED) is 0.436. The number of rotatable bonds is 3. The van der Waals surface area contributed by atoms with Gasteiger partial charge in [-0.05, 0) is 0 Å². The minimum absolute atomic E-state index is 0.00583. The van der Waals surface area contributed by atoms with Gasteiger partial charge in [-0.15, -0.1) is 0 Å². The topological polar surface area (TPSA) is 52.6 Å². The van der Waals surface area contributed by atoms with Crippen LogP contribution >= 0.6 is 0 Å². The summed E-state index contributed by atoms with van der Waals surface area (Å²) < 4.78 is 9.70. The molecule has 16 heavy (non-hydrogen) atoms. The number of esters is 1. The van der Waals surface area contributed by atoms with E-state index in [1.807, 2.05) is 0 Å². The molecule has 1 aliphatic heterocycles. The van der Waals surface area contributed by atoms with Gasteiger partial charge in [-0.2, -0.15) is 0 Å². The van der Waals surface area contributed by atoms with E-state index in [1.165, 1.54) is 7.11 Å². The lowest BCUT2D eigenvalue weighted by Gasteiger charge is -2.01. The SMILES string of the molecule is COC1=C(C(=O)c2ccccc2)C(=O)OC1. The minimum Gasteiger partial charge on any atom is -0.496 e. The zero-order chi connectivity index (χ0) is 11.5. The molecule has 0 N–H and O–H groups in total. The summed E-state index contributed by atoms with van der Waals surface area (Å²) in [7, 11) is 1.41. The van der Waals surface area contributed by atoms with Gasteiger partial charge in [0, 0.05) is 5.56 Å². The first kappa shape index (κ1) is 10.4. The molecule has 2 rings (SSSR count). The third-order valence-electron chi connectivity index (χ3n) is 2.33. The molecule has 4 nitrogen and oxygen atoms in total. The Morgan fingerprint density at radius 3 is 2.62 bits per heavy atom. The van der Waals surface area contributed by atoms with Crippen molar-refractivity contribution in [2.24, 2.45) is 0 Å². The average Bonchev–Trinajstić information content (AvgIpc) is 2.70. The Labute approximate surface area is 92.5 Å². The Hall–Kier alpha value is -2.10. The third-order valence-corrected chi connectivity index (χ3v) is 2.33.